The summed E-state index contributed by atoms with van der Waals surface area (Å²) in [5.74, 6) is -1.24. The molecular formula is C15H20ClN5O3. The molecule has 0 spiro atoms. The van der Waals surface area contributed by atoms with Crippen molar-refractivity contribution in [2.75, 3.05) is 32.5 Å². The zero-order chi connectivity index (χ0) is 17.7. The molecule has 1 saturated heterocycles. The average molecular weight is 354 g/mol. The van der Waals surface area contributed by atoms with Gasteiger partial charge in [-0.1, -0.05) is 11.6 Å². The van der Waals surface area contributed by atoms with Crippen LogP contribution in [-0.4, -0.2) is 65.9 Å². The maximum Gasteiger partial charge on any atom is 0.319 e. The number of carbonyl (C=O) groups excluding carboxylic acids is 3. The second-order valence-electron chi connectivity index (χ2n) is 5.73. The van der Waals surface area contributed by atoms with Crippen molar-refractivity contribution in [3.63, 3.8) is 0 Å². The molecule has 1 aromatic rings. The van der Waals surface area contributed by atoms with Gasteiger partial charge in [0, 0.05) is 39.4 Å². The summed E-state index contributed by atoms with van der Waals surface area (Å²) in [6.45, 7) is 1.09. The smallest absolute Gasteiger partial charge is 0.319 e. The van der Waals surface area contributed by atoms with Crippen LogP contribution >= 0.6 is 11.6 Å². The highest BCUT2D eigenvalue weighted by Gasteiger charge is 2.26. The number of hydrogen-bond donors (Lipinski definition) is 2. The van der Waals surface area contributed by atoms with Gasteiger partial charge >= 0.3 is 17.8 Å². The van der Waals surface area contributed by atoms with Crippen molar-refractivity contribution in [3.05, 3.63) is 23.4 Å². The summed E-state index contributed by atoms with van der Waals surface area (Å²) < 4.78 is 0. The van der Waals surface area contributed by atoms with E-state index in [-0.39, 0.29) is 17.9 Å². The number of aromatic nitrogens is 1. The number of amides is 4. The van der Waals surface area contributed by atoms with E-state index in [4.69, 9.17) is 11.6 Å². The third-order valence-electron chi connectivity index (χ3n) is 3.66. The molecule has 24 heavy (non-hydrogen) atoms. The molecule has 4 amide bonds. The van der Waals surface area contributed by atoms with E-state index in [1.807, 2.05) is 0 Å². The maximum atomic E-state index is 11.9. The Morgan fingerprint density at radius 3 is 2.42 bits per heavy atom. The first-order valence-corrected chi connectivity index (χ1v) is 7.94. The number of urea groups is 1. The Bertz CT molecular complexity index is 612. The van der Waals surface area contributed by atoms with E-state index in [9.17, 15) is 14.4 Å². The summed E-state index contributed by atoms with van der Waals surface area (Å²) in [6.07, 6.45) is 2.60. The predicted octanol–water partition coefficient (Wildman–Crippen LogP) is 0.936. The number of halogens is 1. The summed E-state index contributed by atoms with van der Waals surface area (Å²) in [7, 11) is 3.40. The van der Waals surface area contributed by atoms with Crippen LogP contribution in [0.25, 0.3) is 0 Å². The number of anilines is 1. The van der Waals surface area contributed by atoms with Crippen LogP contribution in [0.2, 0.25) is 5.02 Å². The third-order valence-corrected chi connectivity index (χ3v) is 3.88. The van der Waals surface area contributed by atoms with E-state index in [0.29, 0.717) is 31.0 Å². The van der Waals surface area contributed by atoms with Crippen molar-refractivity contribution in [2.24, 2.45) is 0 Å². The molecule has 0 unspecified atom stereocenters. The van der Waals surface area contributed by atoms with E-state index in [0.717, 1.165) is 0 Å². The fourth-order valence-electron chi connectivity index (χ4n) is 2.37. The zero-order valence-corrected chi connectivity index (χ0v) is 14.3. The topological polar surface area (TPSA) is 94.6 Å². The first-order valence-electron chi connectivity index (χ1n) is 7.56. The maximum absolute atomic E-state index is 11.9. The lowest BCUT2D eigenvalue weighted by molar-refractivity contribution is -0.136. The van der Waals surface area contributed by atoms with Gasteiger partial charge in [-0.25, -0.2) is 9.78 Å². The lowest BCUT2D eigenvalue weighted by Crippen LogP contribution is -2.50. The summed E-state index contributed by atoms with van der Waals surface area (Å²) >= 11 is 5.71. The van der Waals surface area contributed by atoms with Crippen molar-refractivity contribution in [3.8, 4) is 0 Å². The van der Waals surface area contributed by atoms with E-state index < -0.39 is 11.8 Å². The number of likely N-dealkylation sites (tertiary alicyclic amines) is 1. The molecule has 1 fully saturated rings. The molecule has 0 saturated carbocycles. The van der Waals surface area contributed by atoms with Gasteiger partial charge in [0.15, 0.2) is 0 Å². The van der Waals surface area contributed by atoms with Gasteiger partial charge in [0.1, 0.15) is 5.82 Å². The molecule has 0 aliphatic carbocycles. The van der Waals surface area contributed by atoms with E-state index in [1.54, 1.807) is 25.1 Å². The van der Waals surface area contributed by atoms with Gasteiger partial charge in [0.2, 0.25) is 0 Å². The Morgan fingerprint density at radius 2 is 1.88 bits per heavy atom. The van der Waals surface area contributed by atoms with Crippen LogP contribution in [-0.2, 0) is 9.59 Å². The lowest BCUT2D eigenvalue weighted by Gasteiger charge is -2.33. The van der Waals surface area contributed by atoms with E-state index in [1.165, 1.54) is 17.2 Å². The second kappa shape index (κ2) is 7.96. The number of nitrogens with one attached hydrogen (secondary N) is 2. The number of hydrogen-bond acceptors (Lipinski definition) is 4. The minimum atomic E-state index is -0.781. The van der Waals surface area contributed by atoms with E-state index in [2.05, 4.69) is 15.6 Å². The van der Waals surface area contributed by atoms with E-state index >= 15 is 0 Å². The number of rotatable bonds is 2. The second-order valence-corrected chi connectivity index (χ2v) is 6.16. The molecule has 0 radical (unpaired) electrons. The molecule has 0 atom stereocenters. The fraction of sp³-hybridized carbons (Fsp3) is 0.467. The van der Waals surface area contributed by atoms with Crippen LogP contribution in [0.4, 0.5) is 10.6 Å². The summed E-state index contributed by atoms with van der Waals surface area (Å²) in [4.78, 5) is 42.8. The average Bonchev–Trinajstić information content (AvgIpc) is 2.56. The van der Waals surface area contributed by atoms with Crippen LogP contribution in [0.3, 0.4) is 0 Å². The molecule has 1 aromatic heterocycles. The van der Waals surface area contributed by atoms with Crippen LogP contribution < -0.4 is 10.6 Å². The monoisotopic (exact) mass is 353 g/mol. The highest BCUT2D eigenvalue weighted by atomic mass is 35.5. The number of carbonyl (C=O) groups is 3. The minimum absolute atomic E-state index is 0.0497. The molecule has 9 heteroatoms. The Morgan fingerprint density at radius 1 is 1.21 bits per heavy atom. The summed E-state index contributed by atoms with van der Waals surface area (Å²) in [6, 6.07) is 2.90. The Balaban J connectivity index is 1.79. The summed E-state index contributed by atoms with van der Waals surface area (Å²) in [5, 5.41) is 5.53. The van der Waals surface area contributed by atoms with Crippen molar-refractivity contribution in [1.82, 2.24) is 20.1 Å². The number of nitrogens with zero attached hydrogens (tertiary/aromatic N) is 3. The van der Waals surface area contributed by atoms with Crippen LogP contribution in [0.15, 0.2) is 18.3 Å². The minimum Gasteiger partial charge on any atom is -0.345 e. The van der Waals surface area contributed by atoms with Crippen molar-refractivity contribution >= 4 is 35.3 Å². The molecule has 2 heterocycles. The van der Waals surface area contributed by atoms with Crippen LogP contribution in [0.1, 0.15) is 12.8 Å². The van der Waals surface area contributed by atoms with Gasteiger partial charge < -0.3 is 20.4 Å². The lowest BCUT2D eigenvalue weighted by atomic mass is 10.1. The molecule has 1 aliphatic rings. The molecule has 0 bridgehead atoms. The van der Waals surface area contributed by atoms with Gasteiger partial charge in [-0.15, -0.1) is 0 Å². The Labute approximate surface area is 145 Å². The summed E-state index contributed by atoms with van der Waals surface area (Å²) in [5.41, 5.74) is 0. The van der Waals surface area contributed by atoms with Crippen molar-refractivity contribution < 1.29 is 14.4 Å². The normalized spacial score (nSPS) is 14.9. The van der Waals surface area contributed by atoms with Gasteiger partial charge in [0.05, 0.1) is 5.02 Å². The van der Waals surface area contributed by atoms with Gasteiger partial charge in [0.25, 0.3) is 0 Å². The molecule has 130 valence electrons. The molecule has 2 N–H and O–H groups in total. The largest absolute Gasteiger partial charge is 0.345 e. The molecule has 1 aliphatic heterocycles. The highest BCUT2D eigenvalue weighted by Crippen LogP contribution is 2.12. The quantitative estimate of drug-likeness (QED) is 0.773. The fourth-order valence-corrected chi connectivity index (χ4v) is 2.48. The van der Waals surface area contributed by atoms with Gasteiger partial charge in [-0.05, 0) is 25.0 Å². The van der Waals surface area contributed by atoms with Gasteiger partial charge in [-0.3, -0.25) is 9.59 Å². The number of pyridine rings is 1. The molecule has 0 aromatic carbocycles. The SMILES string of the molecule is CN(C)C(=O)N1CCC(NC(=O)C(=O)Nc2ccc(Cl)cn2)CC1. The van der Waals surface area contributed by atoms with Crippen molar-refractivity contribution in [2.45, 2.75) is 18.9 Å². The first kappa shape index (κ1) is 18.0. The first-order chi connectivity index (χ1) is 11.4. The highest BCUT2D eigenvalue weighted by molar-refractivity contribution is 6.39. The van der Waals surface area contributed by atoms with Crippen LogP contribution in [0.5, 0.6) is 0 Å². The zero-order valence-electron chi connectivity index (χ0n) is 13.6. The molecule has 2 rings (SSSR count). The number of piperidine rings is 1. The van der Waals surface area contributed by atoms with Crippen LogP contribution in [0, 0.1) is 0 Å². The predicted molar refractivity (Wildman–Crippen MR) is 89.7 cm³/mol. The molecule has 8 nitrogen and oxygen atoms in total. The Hall–Kier alpha value is -2.35. The third kappa shape index (κ3) is 4.82. The van der Waals surface area contributed by atoms with Gasteiger partial charge in [-0.2, -0.15) is 0 Å². The Kier molecular flexibility index (Phi) is 5.97. The standard InChI is InChI=1S/C15H20ClN5O3/c1-20(2)15(24)21-7-5-11(6-8-21)18-13(22)14(23)19-12-4-3-10(16)9-17-12/h3-4,9,11H,5-8H2,1-2H3,(H,18,22)(H,17,19,23). The molecular weight excluding hydrogens is 334 g/mol. The van der Waals surface area contributed by atoms with Crippen molar-refractivity contribution in [1.29, 1.82) is 0 Å².